The van der Waals surface area contributed by atoms with Gasteiger partial charge in [0.05, 0.1) is 19.4 Å². The van der Waals surface area contributed by atoms with Crippen molar-refractivity contribution in [2.24, 2.45) is 0 Å². The fourth-order valence-corrected chi connectivity index (χ4v) is 1.92. The predicted molar refractivity (Wildman–Crippen MR) is 63.4 cm³/mol. The molecule has 0 bridgehead atoms. The van der Waals surface area contributed by atoms with Crippen LogP contribution in [0.3, 0.4) is 0 Å². The number of rotatable bonds is 6. The van der Waals surface area contributed by atoms with Crippen LogP contribution in [0.2, 0.25) is 0 Å². The number of hydrogen-bond donors (Lipinski definition) is 0. The topological polar surface area (TPSA) is 52.6 Å². The first kappa shape index (κ1) is 14.0. The summed E-state index contributed by atoms with van der Waals surface area (Å²) in [6.07, 6.45) is 6.58. The minimum atomic E-state index is -0.313. The average molecular weight is 242 g/mol. The number of carbonyl (C=O) groups is 2. The van der Waals surface area contributed by atoms with E-state index in [4.69, 9.17) is 9.47 Å². The minimum Gasteiger partial charge on any atom is -0.466 e. The quantitative estimate of drug-likeness (QED) is 0.672. The lowest BCUT2D eigenvalue weighted by molar-refractivity contribution is -0.154. The van der Waals surface area contributed by atoms with Crippen molar-refractivity contribution in [3.8, 4) is 0 Å². The summed E-state index contributed by atoms with van der Waals surface area (Å²) in [6.45, 7) is 2.36. The third-order valence-corrected chi connectivity index (χ3v) is 2.85. The van der Waals surface area contributed by atoms with Crippen LogP contribution in [-0.2, 0) is 19.1 Å². The van der Waals surface area contributed by atoms with E-state index >= 15 is 0 Å². The SMILES string of the molecule is CCCOC(=O)CCC(=O)OC1CCCCC1. The van der Waals surface area contributed by atoms with Crippen LogP contribution in [0, 0.1) is 0 Å². The lowest BCUT2D eigenvalue weighted by atomic mass is 9.98. The average Bonchev–Trinajstić information content (AvgIpc) is 2.35. The highest BCUT2D eigenvalue weighted by Gasteiger charge is 2.18. The van der Waals surface area contributed by atoms with E-state index in [2.05, 4.69) is 0 Å². The summed E-state index contributed by atoms with van der Waals surface area (Å²) in [5, 5.41) is 0. The summed E-state index contributed by atoms with van der Waals surface area (Å²) < 4.78 is 10.2. The van der Waals surface area contributed by atoms with Crippen molar-refractivity contribution in [3.63, 3.8) is 0 Å². The molecule has 0 aliphatic heterocycles. The fraction of sp³-hybridized carbons (Fsp3) is 0.846. The van der Waals surface area contributed by atoms with Crippen molar-refractivity contribution in [2.45, 2.75) is 64.4 Å². The molecule has 0 heterocycles. The van der Waals surface area contributed by atoms with Crippen LogP contribution in [0.1, 0.15) is 58.3 Å². The molecule has 4 heteroatoms. The summed E-state index contributed by atoms with van der Waals surface area (Å²) in [6, 6.07) is 0. The Labute approximate surface area is 103 Å². The molecule has 0 aromatic rings. The van der Waals surface area contributed by atoms with Gasteiger partial charge in [-0.2, -0.15) is 0 Å². The molecule has 0 aromatic carbocycles. The second-order valence-corrected chi connectivity index (χ2v) is 4.47. The van der Waals surface area contributed by atoms with Crippen molar-refractivity contribution in [3.05, 3.63) is 0 Å². The van der Waals surface area contributed by atoms with Crippen LogP contribution in [0.4, 0.5) is 0 Å². The molecule has 1 aliphatic rings. The molecule has 0 atom stereocenters. The Morgan fingerprint density at radius 1 is 1.06 bits per heavy atom. The van der Waals surface area contributed by atoms with E-state index < -0.39 is 0 Å². The van der Waals surface area contributed by atoms with Gasteiger partial charge in [-0.3, -0.25) is 9.59 Å². The lowest BCUT2D eigenvalue weighted by Crippen LogP contribution is -2.21. The molecule has 0 N–H and O–H groups in total. The molecule has 17 heavy (non-hydrogen) atoms. The van der Waals surface area contributed by atoms with E-state index in [9.17, 15) is 9.59 Å². The Morgan fingerprint density at radius 2 is 1.71 bits per heavy atom. The van der Waals surface area contributed by atoms with Crippen LogP contribution in [0.15, 0.2) is 0 Å². The highest BCUT2D eigenvalue weighted by molar-refractivity contribution is 5.77. The van der Waals surface area contributed by atoms with E-state index in [1.54, 1.807) is 0 Å². The summed E-state index contributed by atoms with van der Waals surface area (Å²) in [7, 11) is 0. The maximum absolute atomic E-state index is 11.5. The van der Waals surface area contributed by atoms with E-state index in [0.717, 1.165) is 32.1 Å². The molecular weight excluding hydrogens is 220 g/mol. The Balaban J connectivity index is 2.09. The van der Waals surface area contributed by atoms with Gasteiger partial charge < -0.3 is 9.47 Å². The van der Waals surface area contributed by atoms with Crippen molar-refractivity contribution in [2.75, 3.05) is 6.61 Å². The van der Waals surface area contributed by atoms with E-state index in [1.165, 1.54) is 6.42 Å². The molecule has 0 aromatic heterocycles. The third-order valence-electron chi connectivity index (χ3n) is 2.85. The van der Waals surface area contributed by atoms with Crippen LogP contribution >= 0.6 is 0 Å². The van der Waals surface area contributed by atoms with Crippen molar-refractivity contribution in [1.82, 2.24) is 0 Å². The Hall–Kier alpha value is -1.06. The number of hydrogen-bond acceptors (Lipinski definition) is 4. The number of esters is 2. The molecule has 0 saturated heterocycles. The summed E-state index contributed by atoms with van der Waals surface area (Å²) in [5.41, 5.74) is 0. The van der Waals surface area contributed by atoms with E-state index in [0.29, 0.717) is 6.61 Å². The van der Waals surface area contributed by atoms with E-state index in [1.807, 2.05) is 6.92 Å². The van der Waals surface area contributed by atoms with Crippen molar-refractivity contribution >= 4 is 11.9 Å². The highest BCUT2D eigenvalue weighted by Crippen LogP contribution is 2.20. The molecule has 1 rings (SSSR count). The van der Waals surface area contributed by atoms with Gasteiger partial charge in [0.2, 0.25) is 0 Å². The largest absolute Gasteiger partial charge is 0.466 e. The Morgan fingerprint density at radius 3 is 2.35 bits per heavy atom. The predicted octanol–water partition coefficient (Wildman–Crippen LogP) is 2.60. The van der Waals surface area contributed by atoms with Gasteiger partial charge in [0.1, 0.15) is 6.10 Å². The fourth-order valence-electron chi connectivity index (χ4n) is 1.92. The van der Waals surface area contributed by atoms with Gasteiger partial charge in [0, 0.05) is 0 Å². The lowest BCUT2D eigenvalue weighted by Gasteiger charge is -2.21. The maximum atomic E-state index is 11.5. The maximum Gasteiger partial charge on any atom is 0.306 e. The van der Waals surface area contributed by atoms with Crippen molar-refractivity contribution < 1.29 is 19.1 Å². The molecule has 1 saturated carbocycles. The molecule has 0 amide bonds. The molecule has 98 valence electrons. The molecule has 4 nitrogen and oxygen atoms in total. The van der Waals surface area contributed by atoms with E-state index in [-0.39, 0.29) is 30.9 Å². The third kappa shape index (κ3) is 6.29. The van der Waals surface area contributed by atoms with Crippen LogP contribution < -0.4 is 0 Å². The van der Waals surface area contributed by atoms with Gasteiger partial charge in [-0.05, 0) is 32.1 Å². The first-order chi connectivity index (χ1) is 8.22. The van der Waals surface area contributed by atoms with Crippen LogP contribution in [0.25, 0.3) is 0 Å². The van der Waals surface area contributed by atoms with Gasteiger partial charge in [-0.1, -0.05) is 13.3 Å². The van der Waals surface area contributed by atoms with Gasteiger partial charge >= 0.3 is 11.9 Å². The molecule has 0 radical (unpaired) electrons. The molecular formula is C13H22O4. The zero-order valence-electron chi connectivity index (χ0n) is 10.6. The Kier molecular flexibility index (Phi) is 6.67. The minimum absolute atomic E-state index is 0.0721. The molecule has 1 aliphatic carbocycles. The standard InChI is InChI=1S/C13H22O4/c1-2-10-16-12(14)8-9-13(15)17-11-6-4-3-5-7-11/h11H,2-10H2,1H3. The van der Waals surface area contributed by atoms with Gasteiger partial charge in [-0.25, -0.2) is 0 Å². The first-order valence-corrected chi connectivity index (χ1v) is 6.57. The molecule has 0 unspecified atom stereocenters. The second kappa shape index (κ2) is 8.09. The Bertz CT molecular complexity index is 244. The van der Waals surface area contributed by atoms with Crippen molar-refractivity contribution in [1.29, 1.82) is 0 Å². The van der Waals surface area contributed by atoms with Gasteiger partial charge in [-0.15, -0.1) is 0 Å². The zero-order valence-corrected chi connectivity index (χ0v) is 10.6. The first-order valence-electron chi connectivity index (χ1n) is 6.57. The van der Waals surface area contributed by atoms with Crippen LogP contribution in [0.5, 0.6) is 0 Å². The molecule has 0 spiro atoms. The van der Waals surface area contributed by atoms with Gasteiger partial charge in [0.25, 0.3) is 0 Å². The number of carbonyl (C=O) groups excluding carboxylic acids is 2. The summed E-state index contributed by atoms with van der Waals surface area (Å²) in [4.78, 5) is 22.6. The van der Waals surface area contributed by atoms with Crippen LogP contribution in [-0.4, -0.2) is 24.6 Å². The second-order valence-electron chi connectivity index (χ2n) is 4.47. The summed E-state index contributed by atoms with van der Waals surface area (Å²) in [5.74, 6) is -0.585. The monoisotopic (exact) mass is 242 g/mol. The highest BCUT2D eigenvalue weighted by atomic mass is 16.5. The molecule has 1 fully saturated rings. The zero-order chi connectivity index (χ0) is 12.5. The normalized spacial score (nSPS) is 16.5. The van der Waals surface area contributed by atoms with Gasteiger partial charge in [0.15, 0.2) is 0 Å². The summed E-state index contributed by atoms with van der Waals surface area (Å²) >= 11 is 0. The smallest absolute Gasteiger partial charge is 0.306 e. The number of ether oxygens (including phenoxy) is 2.